The number of ketones is 1. The van der Waals surface area contributed by atoms with Crippen molar-refractivity contribution in [1.29, 1.82) is 0 Å². The molecule has 0 spiro atoms. The fourth-order valence-electron chi connectivity index (χ4n) is 2.08. The third-order valence-electron chi connectivity index (χ3n) is 2.87. The van der Waals surface area contributed by atoms with Gasteiger partial charge in [-0.15, -0.1) is 0 Å². The lowest BCUT2D eigenvalue weighted by molar-refractivity contribution is 0.0960. The summed E-state index contributed by atoms with van der Waals surface area (Å²) in [5, 5.41) is 0. The van der Waals surface area contributed by atoms with Gasteiger partial charge in [0.25, 0.3) is 0 Å². The minimum absolute atomic E-state index is 0.206. The van der Waals surface area contributed by atoms with Crippen LogP contribution in [0, 0.1) is 5.92 Å². The Bertz CT molecular complexity index is 324. The van der Waals surface area contributed by atoms with Crippen LogP contribution < -0.4 is 0 Å². The minimum Gasteiger partial charge on any atom is -0.457 e. The number of furan rings is 1. The van der Waals surface area contributed by atoms with E-state index in [1.54, 1.807) is 12.3 Å². The Hall–Kier alpha value is -0.570. The van der Waals surface area contributed by atoms with Gasteiger partial charge in [0.2, 0.25) is 0 Å². The first-order valence-electron chi connectivity index (χ1n) is 5.03. The maximum atomic E-state index is 11.8. The van der Waals surface area contributed by atoms with E-state index in [1.165, 1.54) is 25.7 Å². The molecule has 0 bridgehead atoms. The van der Waals surface area contributed by atoms with Crippen molar-refractivity contribution in [2.45, 2.75) is 32.1 Å². The summed E-state index contributed by atoms with van der Waals surface area (Å²) in [6.07, 6.45) is 7.21. The molecular weight excluding hydrogens is 244 g/mol. The summed E-state index contributed by atoms with van der Waals surface area (Å²) < 4.78 is 5.62. The Morgan fingerprint density at radius 2 is 2.21 bits per heavy atom. The van der Waals surface area contributed by atoms with Gasteiger partial charge < -0.3 is 4.42 Å². The zero-order valence-corrected chi connectivity index (χ0v) is 9.55. The number of carbonyl (C=O) groups is 1. The first kappa shape index (κ1) is 9.97. The number of halogens is 1. The molecule has 0 radical (unpaired) electrons. The van der Waals surface area contributed by atoms with Gasteiger partial charge in [-0.3, -0.25) is 4.79 Å². The van der Waals surface area contributed by atoms with Gasteiger partial charge in [0, 0.05) is 6.42 Å². The Balaban J connectivity index is 1.98. The van der Waals surface area contributed by atoms with E-state index in [0.717, 1.165) is 0 Å². The molecule has 0 unspecified atom stereocenters. The molecule has 1 aliphatic rings. The predicted molar refractivity (Wildman–Crippen MR) is 57.3 cm³/mol. The van der Waals surface area contributed by atoms with E-state index in [4.69, 9.17) is 4.42 Å². The third kappa shape index (κ3) is 2.08. The highest BCUT2D eigenvalue weighted by Crippen LogP contribution is 2.30. The molecule has 1 aromatic heterocycles. The Morgan fingerprint density at radius 3 is 2.79 bits per heavy atom. The molecule has 1 aromatic rings. The maximum Gasteiger partial charge on any atom is 0.179 e. The SMILES string of the molecule is O=C(CC1CCCC1)c1ccoc1Br. The molecule has 0 N–H and O–H groups in total. The van der Waals surface area contributed by atoms with Crippen LogP contribution in [-0.2, 0) is 0 Å². The normalized spacial score (nSPS) is 17.5. The highest BCUT2D eigenvalue weighted by Gasteiger charge is 2.21. The molecule has 1 fully saturated rings. The molecule has 0 aliphatic heterocycles. The van der Waals surface area contributed by atoms with E-state index in [-0.39, 0.29) is 5.78 Å². The summed E-state index contributed by atoms with van der Waals surface area (Å²) in [6, 6.07) is 1.74. The predicted octanol–water partition coefficient (Wildman–Crippen LogP) is 3.81. The van der Waals surface area contributed by atoms with Crippen molar-refractivity contribution >= 4 is 21.7 Å². The van der Waals surface area contributed by atoms with Gasteiger partial charge in [0.15, 0.2) is 10.5 Å². The molecule has 1 aliphatic carbocycles. The molecule has 2 rings (SSSR count). The first-order valence-corrected chi connectivity index (χ1v) is 5.83. The topological polar surface area (TPSA) is 30.2 Å². The van der Waals surface area contributed by atoms with Crippen LogP contribution in [0.2, 0.25) is 0 Å². The molecular formula is C11H13BrO2. The molecule has 1 heterocycles. The average Bonchev–Trinajstić information content (AvgIpc) is 2.75. The summed E-state index contributed by atoms with van der Waals surface area (Å²) in [7, 11) is 0. The number of carbonyl (C=O) groups excluding carboxylic acids is 1. The fraction of sp³-hybridized carbons (Fsp3) is 0.545. The summed E-state index contributed by atoms with van der Waals surface area (Å²) in [6.45, 7) is 0. The van der Waals surface area contributed by atoms with E-state index in [9.17, 15) is 4.79 Å². The van der Waals surface area contributed by atoms with E-state index in [1.807, 2.05) is 0 Å². The summed E-state index contributed by atoms with van der Waals surface area (Å²) in [5.41, 5.74) is 0.692. The standard InChI is InChI=1S/C11H13BrO2/c12-11-9(5-6-14-11)10(13)7-8-3-1-2-4-8/h5-6,8H,1-4,7H2. The molecule has 76 valence electrons. The van der Waals surface area contributed by atoms with Gasteiger partial charge in [-0.2, -0.15) is 0 Å². The zero-order chi connectivity index (χ0) is 9.97. The van der Waals surface area contributed by atoms with E-state index < -0.39 is 0 Å². The van der Waals surface area contributed by atoms with Crippen molar-refractivity contribution < 1.29 is 9.21 Å². The summed E-state index contributed by atoms with van der Waals surface area (Å²) >= 11 is 3.23. The highest BCUT2D eigenvalue weighted by molar-refractivity contribution is 9.10. The largest absolute Gasteiger partial charge is 0.457 e. The quantitative estimate of drug-likeness (QED) is 0.771. The van der Waals surface area contributed by atoms with Gasteiger partial charge in [0.1, 0.15) is 0 Å². The number of Topliss-reactive ketones (excluding diaryl/α,β-unsaturated/α-hetero) is 1. The summed E-state index contributed by atoms with van der Waals surface area (Å²) in [4.78, 5) is 11.8. The molecule has 0 saturated heterocycles. The molecule has 1 saturated carbocycles. The monoisotopic (exact) mass is 256 g/mol. The van der Waals surface area contributed by atoms with E-state index >= 15 is 0 Å². The molecule has 2 nitrogen and oxygen atoms in total. The second-order valence-corrected chi connectivity index (χ2v) is 4.61. The average molecular weight is 257 g/mol. The third-order valence-corrected chi connectivity index (χ3v) is 3.48. The van der Waals surface area contributed by atoms with Gasteiger partial charge in [0.05, 0.1) is 11.8 Å². The maximum absolute atomic E-state index is 11.8. The van der Waals surface area contributed by atoms with Crippen molar-refractivity contribution in [3.8, 4) is 0 Å². The van der Waals surface area contributed by atoms with E-state index in [0.29, 0.717) is 22.6 Å². The first-order chi connectivity index (χ1) is 6.77. The minimum atomic E-state index is 0.206. The van der Waals surface area contributed by atoms with Crippen molar-refractivity contribution in [1.82, 2.24) is 0 Å². The highest BCUT2D eigenvalue weighted by atomic mass is 79.9. The van der Waals surface area contributed by atoms with Gasteiger partial charge >= 0.3 is 0 Å². The van der Waals surface area contributed by atoms with Crippen LogP contribution in [0.25, 0.3) is 0 Å². The molecule has 0 atom stereocenters. The molecule has 0 amide bonds. The van der Waals surface area contributed by atoms with Crippen LogP contribution in [0.4, 0.5) is 0 Å². The van der Waals surface area contributed by atoms with Crippen LogP contribution in [-0.4, -0.2) is 5.78 Å². The van der Waals surface area contributed by atoms with Gasteiger partial charge in [-0.05, 0) is 27.9 Å². The van der Waals surface area contributed by atoms with Crippen LogP contribution in [0.1, 0.15) is 42.5 Å². The lowest BCUT2D eigenvalue weighted by atomic mass is 9.98. The van der Waals surface area contributed by atoms with Crippen molar-refractivity contribution in [3.63, 3.8) is 0 Å². The second kappa shape index (κ2) is 4.30. The second-order valence-electron chi connectivity index (χ2n) is 3.89. The lowest BCUT2D eigenvalue weighted by Gasteiger charge is -2.05. The fourth-order valence-corrected chi connectivity index (χ4v) is 2.54. The molecule has 14 heavy (non-hydrogen) atoms. The Kier molecular flexibility index (Phi) is 3.06. The number of hydrogen-bond acceptors (Lipinski definition) is 2. The van der Waals surface area contributed by atoms with Crippen LogP contribution in [0.5, 0.6) is 0 Å². The lowest BCUT2D eigenvalue weighted by Crippen LogP contribution is -2.05. The van der Waals surface area contributed by atoms with Crippen LogP contribution >= 0.6 is 15.9 Å². The molecule has 3 heteroatoms. The van der Waals surface area contributed by atoms with Crippen LogP contribution in [0.15, 0.2) is 21.4 Å². The van der Waals surface area contributed by atoms with Gasteiger partial charge in [-0.25, -0.2) is 0 Å². The van der Waals surface area contributed by atoms with Crippen LogP contribution in [0.3, 0.4) is 0 Å². The van der Waals surface area contributed by atoms with Crippen molar-refractivity contribution in [3.05, 3.63) is 22.6 Å². The zero-order valence-electron chi connectivity index (χ0n) is 7.96. The Labute approximate surface area is 91.8 Å². The molecule has 0 aromatic carbocycles. The van der Waals surface area contributed by atoms with Crippen molar-refractivity contribution in [2.24, 2.45) is 5.92 Å². The Morgan fingerprint density at radius 1 is 1.50 bits per heavy atom. The number of hydrogen-bond donors (Lipinski definition) is 0. The summed E-state index contributed by atoms with van der Waals surface area (Å²) in [5.74, 6) is 0.807. The number of rotatable bonds is 3. The smallest absolute Gasteiger partial charge is 0.179 e. The van der Waals surface area contributed by atoms with Gasteiger partial charge in [-0.1, -0.05) is 25.7 Å². The van der Waals surface area contributed by atoms with E-state index in [2.05, 4.69) is 15.9 Å². The van der Waals surface area contributed by atoms with Crippen molar-refractivity contribution in [2.75, 3.05) is 0 Å².